The third-order valence-electron chi connectivity index (χ3n) is 1.04. The van der Waals surface area contributed by atoms with Gasteiger partial charge in [-0.15, -0.1) is 0 Å². The second kappa shape index (κ2) is 2.14. The molecule has 0 spiro atoms. The lowest BCUT2D eigenvalue weighted by atomic mass is 10.3. The molecule has 0 saturated carbocycles. The average molecular weight is 132 g/mol. The van der Waals surface area contributed by atoms with Gasteiger partial charge in [0, 0.05) is 10.5 Å². The van der Waals surface area contributed by atoms with E-state index in [1.165, 1.54) is 0 Å². The Hall–Kier alpha value is 0.440. The first kappa shape index (κ1) is 5.57. The number of hydrogen-bond acceptors (Lipinski definition) is 2. The van der Waals surface area contributed by atoms with Gasteiger partial charge in [-0.05, 0) is 6.42 Å². The third-order valence-corrected chi connectivity index (χ3v) is 1.80. The monoisotopic (exact) mass is 132 g/mol. The maximum Gasteiger partial charge on any atom is 0.0210 e. The van der Waals surface area contributed by atoms with Crippen LogP contribution in [0.4, 0.5) is 0 Å². The average Bonchev–Trinajstić information content (AvgIpc) is 1.87. The standard InChI is InChI=1S/C5H8S2/c6-4-1-2-5(7)3-4/h1-2,4-7H,3H2/t4-,5+. The van der Waals surface area contributed by atoms with E-state index in [2.05, 4.69) is 37.4 Å². The molecule has 1 aliphatic rings. The molecule has 2 heteroatoms. The van der Waals surface area contributed by atoms with Gasteiger partial charge in [-0.1, -0.05) is 12.2 Å². The highest BCUT2D eigenvalue weighted by Gasteiger charge is 2.10. The molecule has 0 aromatic carbocycles. The zero-order valence-electron chi connectivity index (χ0n) is 3.91. The Kier molecular flexibility index (Phi) is 1.70. The summed E-state index contributed by atoms with van der Waals surface area (Å²) in [4.78, 5) is 0. The van der Waals surface area contributed by atoms with Crippen LogP contribution in [0.2, 0.25) is 0 Å². The van der Waals surface area contributed by atoms with Crippen molar-refractivity contribution >= 4 is 25.3 Å². The van der Waals surface area contributed by atoms with Crippen molar-refractivity contribution in [1.29, 1.82) is 0 Å². The zero-order chi connectivity index (χ0) is 5.28. The van der Waals surface area contributed by atoms with Crippen LogP contribution in [0.25, 0.3) is 0 Å². The van der Waals surface area contributed by atoms with E-state index in [4.69, 9.17) is 0 Å². The fourth-order valence-corrected chi connectivity index (χ4v) is 1.48. The smallest absolute Gasteiger partial charge is 0.0210 e. The van der Waals surface area contributed by atoms with Gasteiger partial charge in [-0.25, -0.2) is 0 Å². The summed E-state index contributed by atoms with van der Waals surface area (Å²) in [5.74, 6) is 0. The van der Waals surface area contributed by atoms with E-state index in [-0.39, 0.29) is 0 Å². The molecule has 0 aliphatic heterocycles. The highest BCUT2D eigenvalue weighted by molar-refractivity contribution is 7.82. The highest BCUT2D eigenvalue weighted by Crippen LogP contribution is 2.19. The normalized spacial score (nSPS) is 39.7. The predicted octanol–water partition coefficient (Wildman–Crippen LogP) is 1.54. The largest absolute Gasteiger partial charge is 0.172 e. The molecular formula is C5H8S2. The molecule has 0 bridgehead atoms. The minimum absolute atomic E-state index is 0.461. The fourth-order valence-electron chi connectivity index (χ4n) is 0.661. The van der Waals surface area contributed by atoms with Gasteiger partial charge in [0.05, 0.1) is 0 Å². The minimum atomic E-state index is 0.461. The van der Waals surface area contributed by atoms with E-state index in [9.17, 15) is 0 Å². The summed E-state index contributed by atoms with van der Waals surface area (Å²) in [6, 6.07) is 0. The summed E-state index contributed by atoms with van der Waals surface area (Å²) in [5, 5.41) is 0.921. The van der Waals surface area contributed by atoms with Crippen LogP contribution in [-0.4, -0.2) is 10.5 Å². The second-order valence-electron chi connectivity index (χ2n) is 1.76. The molecule has 0 aromatic heterocycles. The van der Waals surface area contributed by atoms with Crippen molar-refractivity contribution in [2.24, 2.45) is 0 Å². The van der Waals surface area contributed by atoms with E-state index >= 15 is 0 Å². The molecule has 2 atom stereocenters. The topological polar surface area (TPSA) is 0 Å². The molecule has 0 fully saturated rings. The zero-order valence-corrected chi connectivity index (χ0v) is 5.70. The van der Waals surface area contributed by atoms with Crippen molar-refractivity contribution in [3.8, 4) is 0 Å². The Bertz CT molecular complexity index is 78.1. The van der Waals surface area contributed by atoms with Crippen LogP contribution in [0.15, 0.2) is 12.2 Å². The molecule has 1 rings (SSSR count). The molecule has 0 N–H and O–H groups in total. The summed E-state index contributed by atoms with van der Waals surface area (Å²) >= 11 is 8.43. The van der Waals surface area contributed by atoms with Crippen LogP contribution >= 0.6 is 25.3 Å². The lowest BCUT2D eigenvalue weighted by molar-refractivity contribution is 0.970. The van der Waals surface area contributed by atoms with Crippen LogP contribution in [0.3, 0.4) is 0 Å². The van der Waals surface area contributed by atoms with Gasteiger partial charge in [0.1, 0.15) is 0 Å². The van der Waals surface area contributed by atoms with Crippen molar-refractivity contribution in [2.45, 2.75) is 16.9 Å². The van der Waals surface area contributed by atoms with Crippen LogP contribution in [-0.2, 0) is 0 Å². The van der Waals surface area contributed by atoms with Gasteiger partial charge in [0.25, 0.3) is 0 Å². The van der Waals surface area contributed by atoms with E-state index in [1.54, 1.807) is 0 Å². The van der Waals surface area contributed by atoms with E-state index in [0.29, 0.717) is 10.5 Å². The lowest BCUT2D eigenvalue weighted by Gasteiger charge is -1.96. The second-order valence-corrected chi connectivity index (χ2v) is 3.08. The molecule has 0 radical (unpaired) electrons. The molecular weight excluding hydrogens is 124 g/mol. The van der Waals surface area contributed by atoms with Crippen molar-refractivity contribution < 1.29 is 0 Å². The van der Waals surface area contributed by atoms with Crippen molar-refractivity contribution in [1.82, 2.24) is 0 Å². The Morgan fingerprint density at radius 3 is 1.71 bits per heavy atom. The van der Waals surface area contributed by atoms with Gasteiger partial charge in [-0.3, -0.25) is 0 Å². The van der Waals surface area contributed by atoms with Crippen LogP contribution < -0.4 is 0 Å². The quantitative estimate of drug-likeness (QED) is 0.362. The molecule has 0 amide bonds. The Balaban J connectivity index is 2.42. The molecule has 0 nitrogen and oxygen atoms in total. The van der Waals surface area contributed by atoms with Gasteiger partial charge >= 0.3 is 0 Å². The molecule has 7 heavy (non-hydrogen) atoms. The highest BCUT2D eigenvalue weighted by atomic mass is 32.1. The first-order chi connectivity index (χ1) is 3.29. The summed E-state index contributed by atoms with van der Waals surface area (Å²) < 4.78 is 0. The molecule has 0 unspecified atom stereocenters. The maximum atomic E-state index is 4.22. The number of thiol groups is 2. The Labute approximate surface area is 54.8 Å². The summed E-state index contributed by atoms with van der Waals surface area (Å²) in [6.07, 6.45) is 5.26. The fraction of sp³-hybridized carbons (Fsp3) is 0.600. The maximum absolute atomic E-state index is 4.22. The van der Waals surface area contributed by atoms with Gasteiger partial charge in [0.2, 0.25) is 0 Å². The van der Waals surface area contributed by atoms with Crippen LogP contribution in [0.5, 0.6) is 0 Å². The molecule has 0 aromatic rings. The number of rotatable bonds is 0. The van der Waals surface area contributed by atoms with Gasteiger partial charge < -0.3 is 0 Å². The lowest BCUT2D eigenvalue weighted by Crippen LogP contribution is -1.92. The first-order valence-corrected chi connectivity index (χ1v) is 3.37. The van der Waals surface area contributed by atoms with E-state index in [0.717, 1.165) is 6.42 Å². The van der Waals surface area contributed by atoms with Gasteiger partial charge in [0.15, 0.2) is 0 Å². The van der Waals surface area contributed by atoms with Crippen LogP contribution in [0.1, 0.15) is 6.42 Å². The van der Waals surface area contributed by atoms with E-state index < -0.39 is 0 Å². The molecule has 40 valence electrons. The predicted molar refractivity (Wildman–Crippen MR) is 39.3 cm³/mol. The Morgan fingerprint density at radius 2 is 1.57 bits per heavy atom. The molecule has 1 aliphatic carbocycles. The summed E-state index contributed by atoms with van der Waals surface area (Å²) in [5.41, 5.74) is 0. The van der Waals surface area contributed by atoms with Crippen molar-refractivity contribution in [2.75, 3.05) is 0 Å². The molecule has 0 saturated heterocycles. The van der Waals surface area contributed by atoms with Gasteiger partial charge in [-0.2, -0.15) is 25.3 Å². The first-order valence-electron chi connectivity index (χ1n) is 2.33. The SMILES string of the molecule is S[C@@H]1C=C[C@H](S)C1. The van der Waals surface area contributed by atoms with Crippen LogP contribution in [0, 0.1) is 0 Å². The van der Waals surface area contributed by atoms with E-state index in [1.807, 2.05) is 0 Å². The number of hydrogen-bond donors (Lipinski definition) is 2. The Morgan fingerprint density at radius 1 is 1.14 bits per heavy atom. The minimum Gasteiger partial charge on any atom is -0.172 e. The third kappa shape index (κ3) is 1.42. The van der Waals surface area contributed by atoms with Crippen molar-refractivity contribution in [3.05, 3.63) is 12.2 Å². The molecule has 0 heterocycles. The summed E-state index contributed by atoms with van der Waals surface area (Å²) in [6.45, 7) is 0. The summed E-state index contributed by atoms with van der Waals surface area (Å²) in [7, 11) is 0. The van der Waals surface area contributed by atoms with Crippen molar-refractivity contribution in [3.63, 3.8) is 0 Å².